The molecule has 1 heterocycles. The molecule has 3 rings (SSSR count). The first-order chi connectivity index (χ1) is 11.3. The molecule has 0 aliphatic carbocycles. The first-order valence-corrected chi connectivity index (χ1v) is 7.16. The molecule has 6 heteroatoms. The van der Waals surface area contributed by atoms with Crippen LogP contribution in [-0.4, -0.2) is 29.3 Å². The fourth-order valence-corrected chi connectivity index (χ4v) is 2.15. The largest absolute Gasteiger partial charge is 0.495 e. The van der Waals surface area contributed by atoms with E-state index in [9.17, 15) is 0 Å². The maximum absolute atomic E-state index is 5.33. The van der Waals surface area contributed by atoms with Gasteiger partial charge < -0.3 is 15.0 Å². The molecule has 0 radical (unpaired) electrons. The predicted octanol–water partition coefficient (Wildman–Crippen LogP) is 3.39. The second kappa shape index (κ2) is 6.74. The Hall–Kier alpha value is -3.15. The molecule has 6 nitrogen and oxygen atoms in total. The minimum absolute atomic E-state index is 0.510. The average molecular weight is 307 g/mol. The summed E-state index contributed by atoms with van der Waals surface area (Å²) in [6.45, 7) is 0. The van der Waals surface area contributed by atoms with Gasteiger partial charge in [0.2, 0.25) is 0 Å². The number of hydrogen-bond donors (Lipinski definition) is 1. The van der Waals surface area contributed by atoms with Crippen molar-refractivity contribution in [3.8, 4) is 5.75 Å². The smallest absolute Gasteiger partial charge is 0.251 e. The summed E-state index contributed by atoms with van der Waals surface area (Å²) in [5.41, 5.74) is 1.81. The highest BCUT2D eigenvalue weighted by molar-refractivity contribution is 5.65. The minimum Gasteiger partial charge on any atom is -0.495 e. The van der Waals surface area contributed by atoms with Crippen LogP contribution < -0.4 is 15.0 Å². The Morgan fingerprint density at radius 2 is 1.74 bits per heavy atom. The van der Waals surface area contributed by atoms with Crippen molar-refractivity contribution in [3.63, 3.8) is 0 Å². The van der Waals surface area contributed by atoms with Crippen LogP contribution in [0.2, 0.25) is 0 Å². The standard InChI is InChI=1S/C17H17N5O/c1-22(13-8-4-3-5-9-13)17-20-16(12-18-21-17)19-14-10-6-7-11-15(14)23-2/h3-12H,1-2H3,(H,19,20,21). The van der Waals surface area contributed by atoms with Crippen LogP contribution in [0.15, 0.2) is 60.8 Å². The van der Waals surface area contributed by atoms with E-state index in [4.69, 9.17) is 4.74 Å². The molecule has 23 heavy (non-hydrogen) atoms. The molecule has 0 saturated carbocycles. The number of hydrogen-bond acceptors (Lipinski definition) is 6. The first-order valence-electron chi connectivity index (χ1n) is 7.16. The van der Waals surface area contributed by atoms with E-state index in [1.165, 1.54) is 0 Å². The lowest BCUT2D eigenvalue weighted by atomic mass is 10.3. The number of methoxy groups -OCH3 is 1. The number of nitrogens with one attached hydrogen (secondary N) is 1. The van der Waals surface area contributed by atoms with Crippen molar-refractivity contribution in [2.24, 2.45) is 0 Å². The van der Waals surface area contributed by atoms with Crippen LogP contribution in [0, 0.1) is 0 Å². The quantitative estimate of drug-likeness (QED) is 0.779. The van der Waals surface area contributed by atoms with Crippen molar-refractivity contribution < 1.29 is 4.74 Å². The SMILES string of the molecule is COc1ccccc1Nc1cnnc(N(C)c2ccccc2)n1. The maximum Gasteiger partial charge on any atom is 0.251 e. The molecular weight excluding hydrogens is 290 g/mol. The Bertz CT molecular complexity index is 779. The van der Waals surface area contributed by atoms with Gasteiger partial charge in [-0.05, 0) is 24.3 Å². The van der Waals surface area contributed by atoms with E-state index < -0.39 is 0 Å². The van der Waals surface area contributed by atoms with E-state index >= 15 is 0 Å². The summed E-state index contributed by atoms with van der Waals surface area (Å²) in [4.78, 5) is 6.38. The number of benzene rings is 2. The lowest BCUT2D eigenvalue weighted by molar-refractivity contribution is 0.417. The van der Waals surface area contributed by atoms with Crippen molar-refractivity contribution in [1.29, 1.82) is 0 Å². The Balaban J connectivity index is 1.85. The van der Waals surface area contributed by atoms with Crippen LogP contribution in [0.3, 0.4) is 0 Å². The fourth-order valence-electron chi connectivity index (χ4n) is 2.15. The lowest BCUT2D eigenvalue weighted by Crippen LogP contribution is -2.14. The molecule has 0 bridgehead atoms. The lowest BCUT2D eigenvalue weighted by Gasteiger charge is -2.17. The van der Waals surface area contributed by atoms with Crippen molar-refractivity contribution in [3.05, 3.63) is 60.8 Å². The molecule has 0 atom stereocenters. The zero-order chi connectivity index (χ0) is 16.1. The Kier molecular flexibility index (Phi) is 4.33. The summed E-state index contributed by atoms with van der Waals surface area (Å²) in [6, 6.07) is 17.5. The summed E-state index contributed by atoms with van der Waals surface area (Å²) in [5, 5.41) is 11.3. The fraction of sp³-hybridized carbons (Fsp3) is 0.118. The highest BCUT2D eigenvalue weighted by atomic mass is 16.5. The normalized spacial score (nSPS) is 10.2. The van der Waals surface area contributed by atoms with Gasteiger partial charge in [0.25, 0.3) is 5.95 Å². The van der Waals surface area contributed by atoms with Gasteiger partial charge in [-0.3, -0.25) is 0 Å². The molecule has 0 aliphatic rings. The predicted molar refractivity (Wildman–Crippen MR) is 90.6 cm³/mol. The number of nitrogens with zero attached hydrogens (tertiary/aromatic N) is 4. The van der Waals surface area contributed by atoms with Gasteiger partial charge in [0.15, 0.2) is 5.82 Å². The van der Waals surface area contributed by atoms with Crippen LogP contribution in [0.1, 0.15) is 0 Å². The summed E-state index contributed by atoms with van der Waals surface area (Å²) >= 11 is 0. The topological polar surface area (TPSA) is 63.2 Å². The van der Waals surface area contributed by atoms with Crippen LogP contribution in [0.25, 0.3) is 0 Å². The van der Waals surface area contributed by atoms with Crippen LogP contribution in [-0.2, 0) is 0 Å². The van der Waals surface area contributed by atoms with Crippen molar-refractivity contribution in [1.82, 2.24) is 15.2 Å². The van der Waals surface area contributed by atoms with E-state index in [1.807, 2.05) is 66.5 Å². The van der Waals surface area contributed by atoms with E-state index in [1.54, 1.807) is 13.3 Å². The van der Waals surface area contributed by atoms with Gasteiger partial charge >= 0.3 is 0 Å². The van der Waals surface area contributed by atoms with Gasteiger partial charge in [0.05, 0.1) is 19.0 Å². The molecule has 1 N–H and O–H groups in total. The summed E-state index contributed by atoms with van der Waals surface area (Å²) in [5.74, 6) is 1.85. The van der Waals surface area contributed by atoms with E-state index in [0.29, 0.717) is 11.8 Å². The third-order valence-corrected chi connectivity index (χ3v) is 3.36. The second-order valence-corrected chi connectivity index (χ2v) is 4.86. The van der Waals surface area contributed by atoms with Crippen molar-refractivity contribution in [2.45, 2.75) is 0 Å². The van der Waals surface area contributed by atoms with Crippen molar-refractivity contribution >= 4 is 23.1 Å². The zero-order valence-corrected chi connectivity index (χ0v) is 13.0. The molecule has 0 saturated heterocycles. The monoisotopic (exact) mass is 307 g/mol. The van der Waals surface area contributed by atoms with E-state index in [-0.39, 0.29) is 0 Å². The highest BCUT2D eigenvalue weighted by Gasteiger charge is 2.09. The summed E-state index contributed by atoms with van der Waals surface area (Å²) in [6.07, 6.45) is 1.58. The molecule has 0 amide bonds. The van der Waals surface area contributed by atoms with Gasteiger partial charge in [0.1, 0.15) is 5.75 Å². The van der Waals surface area contributed by atoms with E-state index in [0.717, 1.165) is 17.1 Å². The highest BCUT2D eigenvalue weighted by Crippen LogP contribution is 2.27. The minimum atomic E-state index is 0.510. The Morgan fingerprint density at radius 1 is 1.00 bits per heavy atom. The maximum atomic E-state index is 5.33. The summed E-state index contributed by atoms with van der Waals surface area (Å²) < 4.78 is 5.33. The van der Waals surface area contributed by atoms with Gasteiger partial charge in [-0.2, -0.15) is 10.1 Å². The average Bonchev–Trinajstić information content (AvgIpc) is 2.62. The van der Waals surface area contributed by atoms with Crippen LogP contribution in [0.5, 0.6) is 5.75 Å². The molecule has 0 spiro atoms. The third kappa shape index (κ3) is 3.37. The van der Waals surface area contributed by atoms with Gasteiger partial charge in [-0.15, -0.1) is 5.10 Å². The van der Waals surface area contributed by atoms with Crippen molar-refractivity contribution in [2.75, 3.05) is 24.4 Å². The zero-order valence-electron chi connectivity index (χ0n) is 13.0. The number of ether oxygens (including phenoxy) is 1. The number of para-hydroxylation sites is 3. The third-order valence-electron chi connectivity index (χ3n) is 3.36. The van der Waals surface area contributed by atoms with Gasteiger partial charge in [0, 0.05) is 12.7 Å². The summed E-state index contributed by atoms with van der Waals surface area (Å²) in [7, 11) is 3.53. The Labute approximate surface area is 134 Å². The molecule has 1 aromatic heterocycles. The molecule has 3 aromatic rings. The molecule has 116 valence electrons. The number of aromatic nitrogens is 3. The Morgan fingerprint density at radius 3 is 2.52 bits per heavy atom. The molecule has 0 fully saturated rings. The van der Waals surface area contributed by atoms with Crippen LogP contribution >= 0.6 is 0 Å². The number of rotatable bonds is 5. The van der Waals surface area contributed by atoms with Crippen LogP contribution in [0.4, 0.5) is 23.1 Å². The molecule has 0 unspecified atom stereocenters. The van der Waals surface area contributed by atoms with Gasteiger partial charge in [-0.25, -0.2) is 0 Å². The molecular formula is C17H17N5O. The second-order valence-electron chi connectivity index (χ2n) is 4.86. The van der Waals surface area contributed by atoms with E-state index in [2.05, 4.69) is 20.5 Å². The first kappa shape index (κ1) is 14.8. The van der Waals surface area contributed by atoms with Gasteiger partial charge in [-0.1, -0.05) is 30.3 Å². The number of anilines is 4. The molecule has 0 aliphatic heterocycles. The molecule has 2 aromatic carbocycles.